The zero-order chi connectivity index (χ0) is 13.7. The Balaban J connectivity index is 1.75. The normalized spacial score (nSPS) is 17.6. The molecule has 0 N–H and O–H groups in total. The lowest BCUT2D eigenvalue weighted by molar-refractivity contribution is -0.112. The number of hydrogen-bond donors (Lipinski definition) is 0. The van der Waals surface area contributed by atoms with E-state index < -0.39 is 0 Å². The Morgan fingerprint density at radius 2 is 2.05 bits per heavy atom. The molecule has 1 heterocycles. The molecule has 5 heteroatoms. The Morgan fingerprint density at radius 3 is 2.74 bits per heavy atom. The minimum atomic E-state index is 0.270. The molecule has 0 saturated carbocycles. The third kappa shape index (κ3) is 4.67. The van der Waals surface area contributed by atoms with Gasteiger partial charge in [-0.25, -0.2) is 0 Å². The van der Waals surface area contributed by atoms with Crippen molar-refractivity contribution in [3.63, 3.8) is 0 Å². The van der Waals surface area contributed by atoms with Crippen LogP contribution in [0.5, 0.6) is 0 Å². The molecule has 1 aliphatic heterocycles. The number of aldehydes is 1. The van der Waals surface area contributed by atoms with E-state index in [0.717, 1.165) is 59.5 Å². The molecule has 1 fully saturated rings. The smallest absolute Gasteiger partial charge is 0.123 e. The van der Waals surface area contributed by atoms with Crippen molar-refractivity contribution in [3.8, 4) is 0 Å². The van der Waals surface area contributed by atoms with Gasteiger partial charge >= 0.3 is 0 Å². The Morgan fingerprint density at radius 1 is 1.32 bits per heavy atom. The molecular weight excluding hydrogens is 301 g/mol. The van der Waals surface area contributed by atoms with Crippen LogP contribution in [0.4, 0.5) is 0 Å². The number of rotatable bonds is 5. The number of carbonyl (C=O) groups excluding carboxylic acids is 1. The second-order valence-electron chi connectivity index (χ2n) is 4.74. The van der Waals surface area contributed by atoms with Crippen LogP contribution in [0, 0.1) is 5.92 Å². The molecule has 0 spiro atoms. The predicted octanol–water partition coefficient (Wildman–Crippen LogP) is 4.00. The lowest BCUT2D eigenvalue weighted by Crippen LogP contribution is -2.35. The van der Waals surface area contributed by atoms with Gasteiger partial charge in [0, 0.05) is 28.1 Å². The monoisotopic (exact) mass is 317 g/mol. The molecule has 0 aliphatic carbocycles. The van der Waals surface area contributed by atoms with Crippen LogP contribution >= 0.6 is 35.0 Å². The first-order valence-corrected chi connectivity index (χ1v) is 8.18. The number of halogens is 2. The Bertz CT molecular complexity index is 433. The number of benzene rings is 1. The SMILES string of the molecule is O=CC1CCN(CCSc2cc(Cl)ccc2Cl)CC1. The summed E-state index contributed by atoms with van der Waals surface area (Å²) in [5, 5.41) is 1.48. The summed E-state index contributed by atoms with van der Waals surface area (Å²) in [6.45, 7) is 3.07. The highest BCUT2D eigenvalue weighted by Gasteiger charge is 2.18. The lowest BCUT2D eigenvalue weighted by atomic mass is 9.99. The summed E-state index contributed by atoms with van der Waals surface area (Å²) in [5.74, 6) is 1.26. The highest BCUT2D eigenvalue weighted by molar-refractivity contribution is 7.99. The molecule has 2 nitrogen and oxygen atoms in total. The molecule has 104 valence electrons. The summed E-state index contributed by atoms with van der Waals surface area (Å²) in [4.78, 5) is 14.1. The van der Waals surface area contributed by atoms with Crippen molar-refractivity contribution < 1.29 is 4.79 Å². The summed E-state index contributed by atoms with van der Waals surface area (Å²) in [6, 6.07) is 5.55. The number of nitrogens with zero attached hydrogens (tertiary/aromatic N) is 1. The molecule has 0 bridgehead atoms. The van der Waals surface area contributed by atoms with Crippen LogP contribution in [-0.4, -0.2) is 36.6 Å². The molecule has 0 unspecified atom stereocenters. The summed E-state index contributed by atoms with van der Waals surface area (Å²) < 4.78 is 0. The maximum absolute atomic E-state index is 10.7. The minimum absolute atomic E-state index is 0.270. The Labute approximate surface area is 128 Å². The van der Waals surface area contributed by atoms with E-state index in [2.05, 4.69) is 4.90 Å². The summed E-state index contributed by atoms with van der Waals surface area (Å²) in [6.07, 6.45) is 3.08. The molecule has 0 atom stereocenters. The number of thioether (sulfide) groups is 1. The van der Waals surface area contributed by atoms with Gasteiger partial charge < -0.3 is 9.69 Å². The molecule has 0 aromatic heterocycles. The van der Waals surface area contributed by atoms with Gasteiger partial charge in [0.1, 0.15) is 6.29 Å². The van der Waals surface area contributed by atoms with Crippen molar-refractivity contribution in [1.29, 1.82) is 0 Å². The van der Waals surface area contributed by atoms with Crippen molar-refractivity contribution >= 4 is 41.2 Å². The fourth-order valence-corrected chi connectivity index (χ4v) is 3.69. The van der Waals surface area contributed by atoms with E-state index in [0.29, 0.717) is 0 Å². The molecule has 1 aromatic carbocycles. The maximum Gasteiger partial charge on any atom is 0.123 e. The van der Waals surface area contributed by atoms with Crippen LogP contribution in [0.2, 0.25) is 10.0 Å². The average molecular weight is 318 g/mol. The predicted molar refractivity (Wildman–Crippen MR) is 82.4 cm³/mol. The average Bonchev–Trinajstić information content (AvgIpc) is 2.43. The van der Waals surface area contributed by atoms with Gasteiger partial charge in [-0.05, 0) is 44.1 Å². The van der Waals surface area contributed by atoms with Gasteiger partial charge in [-0.2, -0.15) is 0 Å². The van der Waals surface area contributed by atoms with E-state index in [9.17, 15) is 4.79 Å². The zero-order valence-corrected chi connectivity index (χ0v) is 13.0. The van der Waals surface area contributed by atoms with Gasteiger partial charge in [-0.3, -0.25) is 0 Å². The third-order valence-corrected chi connectivity index (χ3v) is 5.10. The summed E-state index contributed by atoms with van der Waals surface area (Å²) in [5.41, 5.74) is 0. The fourth-order valence-electron chi connectivity index (χ4n) is 2.19. The molecular formula is C14H17Cl2NOS. The summed E-state index contributed by atoms with van der Waals surface area (Å²) >= 11 is 13.8. The standard InChI is InChI=1S/C14H17Cl2NOS/c15-12-1-2-13(16)14(9-12)19-8-7-17-5-3-11(10-18)4-6-17/h1-2,9-11H,3-8H2. The second kappa shape index (κ2) is 7.53. The first-order chi connectivity index (χ1) is 9.19. The number of likely N-dealkylation sites (tertiary alicyclic amines) is 1. The van der Waals surface area contributed by atoms with E-state index in [4.69, 9.17) is 23.2 Å². The highest BCUT2D eigenvalue weighted by atomic mass is 35.5. The van der Waals surface area contributed by atoms with Crippen LogP contribution in [-0.2, 0) is 4.79 Å². The highest BCUT2D eigenvalue weighted by Crippen LogP contribution is 2.30. The van der Waals surface area contributed by atoms with Gasteiger partial charge in [0.25, 0.3) is 0 Å². The number of piperidine rings is 1. The number of carbonyl (C=O) groups is 1. The van der Waals surface area contributed by atoms with E-state index in [-0.39, 0.29) is 5.92 Å². The van der Waals surface area contributed by atoms with Crippen LogP contribution in [0.15, 0.2) is 23.1 Å². The molecule has 0 radical (unpaired) electrons. The van der Waals surface area contributed by atoms with Crippen LogP contribution in [0.3, 0.4) is 0 Å². The van der Waals surface area contributed by atoms with Crippen molar-refractivity contribution in [2.45, 2.75) is 17.7 Å². The molecule has 2 rings (SSSR count). The number of hydrogen-bond acceptors (Lipinski definition) is 3. The van der Waals surface area contributed by atoms with Crippen LogP contribution in [0.1, 0.15) is 12.8 Å². The Hall–Kier alpha value is -0.220. The molecule has 19 heavy (non-hydrogen) atoms. The summed E-state index contributed by atoms with van der Waals surface area (Å²) in [7, 11) is 0. The second-order valence-corrected chi connectivity index (χ2v) is 6.72. The van der Waals surface area contributed by atoms with Gasteiger partial charge in [-0.1, -0.05) is 23.2 Å². The van der Waals surface area contributed by atoms with E-state index in [1.54, 1.807) is 17.8 Å². The zero-order valence-electron chi connectivity index (χ0n) is 10.6. The van der Waals surface area contributed by atoms with Gasteiger partial charge in [0.2, 0.25) is 0 Å². The van der Waals surface area contributed by atoms with Crippen molar-refractivity contribution in [3.05, 3.63) is 28.2 Å². The maximum atomic E-state index is 10.7. The van der Waals surface area contributed by atoms with Crippen LogP contribution in [0.25, 0.3) is 0 Å². The molecule has 0 amide bonds. The van der Waals surface area contributed by atoms with Gasteiger partial charge in [0.15, 0.2) is 0 Å². The van der Waals surface area contributed by atoms with E-state index >= 15 is 0 Å². The van der Waals surface area contributed by atoms with E-state index in [1.165, 1.54) is 0 Å². The third-order valence-electron chi connectivity index (χ3n) is 3.38. The van der Waals surface area contributed by atoms with Crippen molar-refractivity contribution in [1.82, 2.24) is 4.90 Å². The first-order valence-electron chi connectivity index (χ1n) is 6.44. The van der Waals surface area contributed by atoms with Crippen molar-refractivity contribution in [2.75, 3.05) is 25.4 Å². The first kappa shape index (κ1) is 15.2. The van der Waals surface area contributed by atoms with Crippen LogP contribution < -0.4 is 0 Å². The van der Waals surface area contributed by atoms with Crippen molar-refractivity contribution in [2.24, 2.45) is 5.92 Å². The molecule has 1 aliphatic rings. The van der Waals surface area contributed by atoms with Gasteiger partial charge in [0.05, 0.1) is 5.02 Å². The minimum Gasteiger partial charge on any atom is -0.303 e. The van der Waals surface area contributed by atoms with Gasteiger partial charge in [-0.15, -0.1) is 11.8 Å². The largest absolute Gasteiger partial charge is 0.303 e. The lowest BCUT2D eigenvalue weighted by Gasteiger charge is -2.29. The quantitative estimate of drug-likeness (QED) is 0.605. The topological polar surface area (TPSA) is 20.3 Å². The molecule has 1 aromatic rings. The Kier molecular flexibility index (Phi) is 6.02. The fraction of sp³-hybridized carbons (Fsp3) is 0.500. The van der Waals surface area contributed by atoms with E-state index in [1.807, 2.05) is 12.1 Å². The molecule has 1 saturated heterocycles.